The van der Waals surface area contributed by atoms with Crippen LogP contribution in [0.5, 0.6) is 0 Å². The lowest BCUT2D eigenvalue weighted by Crippen LogP contribution is -1.98. The zero-order valence-corrected chi connectivity index (χ0v) is 15.2. The molecule has 1 atom stereocenters. The van der Waals surface area contributed by atoms with Crippen LogP contribution in [0.1, 0.15) is 104 Å². The Labute approximate surface area is 138 Å². The molecule has 0 amide bonds. The molecular weight excluding hydrogens is 272 g/mol. The van der Waals surface area contributed by atoms with Gasteiger partial charge in [0.15, 0.2) is 0 Å². The second-order valence-electron chi connectivity index (χ2n) is 6.85. The maximum Gasteiger partial charge on any atom is 0.330 e. The van der Waals surface area contributed by atoms with Gasteiger partial charge < -0.3 is 5.11 Å². The predicted molar refractivity (Wildman–Crippen MR) is 96.3 cm³/mol. The molecule has 0 aliphatic carbocycles. The van der Waals surface area contributed by atoms with Gasteiger partial charge in [-0.3, -0.25) is 0 Å². The Morgan fingerprint density at radius 1 is 0.909 bits per heavy atom. The number of carbonyl (C=O) groups is 1. The molecule has 0 bridgehead atoms. The second kappa shape index (κ2) is 15.1. The molecule has 0 fully saturated rings. The normalized spacial score (nSPS) is 13.3. The molecular formula is C20H38O2. The SMILES string of the molecule is CCCCCCCCCCCCC(C)CCC=C(C)C(=O)O. The highest BCUT2D eigenvalue weighted by atomic mass is 16.4. The fraction of sp³-hybridized carbons (Fsp3) is 0.850. The number of hydrogen-bond acceptors (Lipinski definition) is 1. The molecule has 0 aliphatic rings. The smallest absolute Gasteiger partial charge is 0.330 e. The Bertz CT molecular complexity index is 294. The van der Waals surface area contributed by atoms with Crippen molar-refractivity contribution in [2.24, 2.45) is 5.92 Å². The number of unbranched alkanes of at least 4 members (excludes halogenated alkanes) is 9. The molecule has 0 saturated heterocycles. The minimum Gasteiger partial charge on any atom is -0.478 e. The van der Waals surface area contributed by atoms with Crippen LogP contribution in [-0.4, -0.2) is 11.1 Å². The van der Waals surface area contributed by atoms with Crippen LogP contribution in [0.2, 0.25) is 0 Å². The molecule has 2 heteroatoms. The van der Waals surface area contributed by atoms with Crippen LogP contribution in [0.4, 0.5) is 0 Å². The third kappa shape index (κ3) is 14.2. The van der Waals surface area contributed by atoms with E-state index >= 15 is 0 Å². The maximum atomic E-state index is 10.7. The summed E-state index contributed by atoms with van der Waals surface area (Å²) in [6, 6.07) is 0. The Morgan fingerprint density at radius 3 is 1.91 bits per heavy atom. The van der Waals surface area contributed by atoms with Gasteiger partial charge in [0.1, 0.15) is 0 Å². The predicted octanol–water partition coefficient (Wildman–Crippen LogP) is 6.74. The molecule has 0 rings (SSSR count). The van der Waals surface area contributed by atoms with E-state index in [1.165, 1.54) is 70.6 Å². The first-order chi connectivity index (χ1) is 10.6. The van der Waals surface area contributed by atoms with Gasteiger partial charge in [-0.15, -0.1) is 0 Å². The molecule has 0 aromatic heterocycles. The van der Waals surface area contributed by atoms with E-state index in [4.69, 9.17) is 5.11 Å². The van der Waals surface area contributed by atoms with E-state index in [-0.39, 0.29) is 0 Å². The van der Waals surface area contributed by atoms with Crippen molar-refractivity contribution in [2.45, 2.75) is 104 Å². The van der Waals surface area contributed by atoms with Gasteiger partial charge in [-0.2, -0.15) is 0 Å². The van der Waals surface area contributed by atoms with E-state index < -0.39 is 5.97 Å². The van der Waals surface area contributed by atoms with Crippen LogP contribution in [0.3, 0.4) is 0 Å². The number of allylic oxidation sites excluding steroid dienone is 1. The van der Waals surface area contributed by atoms with Gasteiger partial charge in [0.2, 0.25) is 0 Å². The number of aliphatic carboxylic acids is 1. The summed E-state index contributed by atoms with van der Waals surface area (Å²) in [4.78, 5) is 10.7. The van der Waals surface area contributed by atoms with E-state index in [1.807, 2.05) is 6.08 Å². The average molecular weight is 311 g/mol. The third-order valence-electron chi connectivity index (χ3n) is 4.50. The summed E-state index contributed by atoms with van der Waals surface area (Å²) in [7, 11) is 0. The van der Waals surface area contributed by atoms with Gasteiger partial charge in [0, 0.05) is 5.57 Å². The van der Waals surface area contributed by atoms with Crippen LogP contribution >= 0.6 is 0 Å². The summed E-state index contributed by atoms with van der Waals surface area (Å²) in [6.45, 7) is 6.23. The van der Waals surface area contributed by atoms with Gasteiger partial charge in [0.05, 0.1) is 0 Å². The Balaban J connectivity index is 3.33. The first-order valence-corrected chi connectivity index (χ1v) is 9.48. The first kappa shape index (κ1) is 21.2. The minimum atomic E-state index is -0.789. The highest BCUT2D eigenvalue weighted by Gasteiger charge is 2.03. The lowest BCUT2D eigenvalue weighted by Gasteiger charge is -2.09. The lowest BCUT2D eigenvalue weighted by molar-refractivity contribution is -0.132. The molecule has 0 radical (unpaired) electrons. The van der Waals surface area contributed by atoms with E-state index in [2.05, 4.69) is 13.8 Å². The van der Waals surface area contributed by atoms with E-state index in [0.717, 1.165) is 12.8 Å². The average Bonchev–Trinajstić information content (AvgIpc) is 2.49. The summed E-state index contributed by atoms with van der Waals surface area (Å²) in [6.07, 6.45) is 19.1. The van der Waals surface area contributed by atoms with Crippen molar-refractivity contribution in [1.29, 1.82) is 0 Å². The molecule has 2 nitrogen and oxygen atoms in total. The van der Waals surface area contributed by atoms with Crippen LogP contribution in [0.15, 0.2) is 11.6 Å². The van der Waals surface area contributed by atoms with Crippen molar-refractivity contribution >= 4 is 5.97 Å². The standard InChI is InChI=1S/C20H38O2/c1-4-5-6-7-8-9-10-11-12-13-15-18(2)16-14-17-19(3)20(21)22/h17-18H,4-16H2,1-3H3,(H,21,22). The van der Waals surface area contributed by atoms with Crippen LogP contribution < -0.4 is 0 Å². The summed E-state index contributed by atoms with van der Waals surface area (Å²) in [5.74, 6) is -0.0748. The van der Waals surface area contributed by atoms with Gasteiger partial charge in [-0.25, -0.2) is 4.79 Å². The molecule has 0 heterocycles. The highest BCUT2D eigenvalue weighted by molar-refractivity contribution is 5.85. The zero-order chi connectivity index (χ0) is 16.6. The molecule has 0 aromatic rings. The summed E-state index contributed by atoms with van der Waals surface area (Å²) in [5.41, 5.74) is 0.478. The largest absolute Gasteiger partial charge is 0.478 e. The van der Waals surface area contributed by atoms with Crippen LogP contribution in [0.25, 0.3) is 0 Å². The third-order valence-corrected chi connectivity index (χ3v) is 4.50. The number of carboxylic acid groups (broad SMARTS) is 1. The molecule has 130 valence electrons. The molecule has 1 unspecified atom stereocenters. The minimum absolute atomic E-state index is 0.478. The Morgan fingerprint density at radius 2 is 1.41 bits per heavy atom. The van der Waals surface area contributed by atoms with Crippen molar-refractivity contribution in [3.05, 3.63) is 11.6 Å². The van der Waals surface area contributed by atoms with E-state index in [0.29, 0.717) is 11.5 Å². The van der Waals surface area contributed by atoms with Crippen molar-refractivity contribution in [2.75, 3.05) is 0 Å². The van der Waals surface area contributed by atoms with E-state index in [1.54, 1.807) is 6.92 Å². The molecule has 22 heavy (non-hydrogen) atoms. The lowest BCUT2D eigenvalue weighted by atomic mass is 9.97. The highest BCUT2D eigenvalue weighted by Crippen LogP contribution is 2.17. The van der Waals surface area contributed by atoms with Crippen LogP contribution in [-0.2, 0) is 4.79 Å². The summed E-state index contributed by atoms with van der Waals surface area (Å²) >= 11 is 0. The molecule has 0 saturated carbocycles. The maximum absolute atomic E-state index is 10.7. The second-order valence-corrected chi connectivity index (χ2v) is 6.85. The molecule has 0 spiro atoms. The van der Waals surface area contributed by atoms with Gasteiger partial charge in [0.25, 0.3) is 0 Å². The van der Waals surface area contributed by atoms with Crippen molar-refractivity contribution < 1.29 is 9.90 Å². The quantitative estimate of drug-likeness (QED) is 0.268. The Hall–Kier alpha value is -0.790. The van der Waals surface area contributed by atoms with Gasteiger partial charge >= 0.3 is 5.97 Å². The molecule has 0 aliphatic heterocycles. The van der Waals surface area contributed by atoms with E-state index in [9.17, 15) is 4.79 Å². The first-order valence-electron chi connectivity index (χ1n) is 9.48. The number of rotatable bonds is 15. The van der Waals surface area contributed by atoms with Gasteiger partial charge in [-0.1, -0.05) is 90.6 Å². The fourth-order valence-electron chi connectivity index (χ4n) is 2.80. The van der Waals surface area contributed by atoms with Crippen molar-refractivity contribution in [1.82, 2.24) is 0 Å². The molecule has 1 N–H and O–H groups in total. The number of hydrogen-bond donors (Lipinski definition) is 1. The molecule has 0 aromatic carbocycles. The monoisotopic (exact) mass is 310 g/mol. The van der Waals surface area contributed by atoms with Crippen molar-refractivity contribution in [3.63, 3.8) is 0 Å². The van der Waals surface area contributed by atoms with Gasteiger partial charge in [-0.05, 0) is 25.7 Å². The summed E-state index contributed by atoms with van der Waals surface area (Å²) < 4.78 is 0. The fourth-order valence-corrected chi connectivity index (χ4v) is 2.80. The topological polar surface area (TPSA) is 37.3 Å². The Kier molecular flexibility index (Phi) is 14.6. The zero-order valence-electron chi connectivity index (χ0n) is 15.2. The summed E-state index contributed by atoms with van der Waals surface area (Å²) in [5, 5.41) is 8.78. The van der Waals surface area contributed by atoms with Crippen molar-refractivity contribution in [3.8, 4) is 0 Å². The van der Waals surface area contributed by atoms with Crippen LogP contribution in [0, 0.1) is 5.92 Å². The number of carboxylic acids is 1.